The van der Waals surface area contributed by atoms with Crippen molar-refractivity contribution in [2.24, 2.45) is 0 Å². The second kappa shape index (κ2) is 8.24. The average molecular weight is 271 g/mol. The summed E-state index contributed by atoms with van der Waals surface area (Å²) in [5.74, 6) is 0. The Bertz CT molecular complexity index is 322. The molecule has 102 valence electrons. The number of nitrogens with zero attached hydrogens (tertiary/aromatic N) is 2. The Balaban J connectivity index is 0.000000366. The van der Waals surface area contributed by atoms with Crippen molar-refractivity contribution in [3.05, 3.63) is 12.4 Å². The van der Waals surface area contributed by atoms with E-state index in [1.54, 1.807) is 0 Å². The first-order valence-electron chi connectivity index (χ1n) is 5.33. The Labute approximate surface area is 101 Å². The highest BCUT2D eigenvalue weighted by atomic mass is 32.3. The largest absolute Gasteiger partial charge is 0.398 e. The second-order valence-corrected chi connectivity index (χ2v) is 4.76. The third-order valence-electron chi connectivity index (χ3n) is 2.08. The lowest BCUT2D eigenvalue weighted by Crippen LogP contribution is -2.23. The number of unbranched alkanes of at least 4 members (excludes halogenated alkanes) is 2. The maximum absolute atomic E-state index is 10.6. The minimum Gasteiger partial charge on any atom is -0.362 e. The molecule has 0 radical (unpaired) electrons. The van der Waals surface area contributed by atoms with Crippen molar-refractivity contribution in [3.63, 3.8) is 0 Å². The van der Waals surface area contributed by atoms with Gasteiger partial charge in [-0.3, -0.25) is 0 Å². The molecule has 0 unspecified atom stereocenters. The Morgan fingerprint density at radius 1 is 1.35 bits per heavy atom. The molecule has 0 aliphatic carbocycles. The van der Waals surface area contributed by atoms with Crippen molar-refractivity contribution < 1.29 is 16.8 Å². The molecule has 1 aliphatic heterocycles. The highest BCUT2D eigenvalue weighted by Crippen LogP contribution is 2.05. The predicted molar refractivity (Wildman–Crippen MR) is 62.3 cm³/mol. The maximum atomic E-state index is 10.6. The van der Waals surface area contributed by atoms with E-state index in [0.29, 0.717) is 0 Å². The molecule has 1 heterocycles. The summed E-state index contributed by atoms with van der Waals surface area (Å²) >= 11 is 0. The molecule has 0 aromatic rings. The van der Waals surface area contributed by atoms with Crippen LogP contribution in [0.2, 0.25) is 0 Å². The molecule has 0 atom stereocenters. The van der Waals surface area contributed by atoms with Gasteiger partial charge >= 0.3 is 10.4 Å². The zero-order chi connectivity index (χ0) is 13.3. The van der Waals surface area contributed by atoms with Crippen LogP contribution < -0.4 is 4.94 Å². The SMILES string of the molecule is CCCCCN1C=CN(C)C1.O=S(=O)(F)NF. The summed E-state index contributed by atoms with van der Waals surface area (Å²) in [6, 6.07) is 0. The van der Waals surface area contributed by atoms with Crippen LogP contribution in [0.3, 0.4) is 0 Å². The molecule has 0 amide bonds. The second-order valence-electron chi connectivity index (χ2n) is 3.73. The Morgan fingerprint density at radius 3 is 2.29 bits per heavy atom. The van der Waals surface area contributed by atoms with Gasteiger partial charge in [-0.15, -0.1) is 4.48 Å². The predicted octanol–water partition coefficient (Wildman–Crippen LogP) is 1.53. The molecule has 1 rings (SSSR count). The van der Waals surface area contributed by atoms with E-state index in [9.17, 15) is 8.37 Å². The van der Waals surface area contributed by atoms with Gasteiger partial charge in [0.05, 0.1) is 6.67 Å². The van der Waals surface area contributed by atoms with E-state index in [2.05, 4.69) is 36.2 Å². The monoisotopic (exact) mass is 271 g/mol. The standard InChI is InChI=1S/C9H18N2.F2HNO2S/c1-3-4-5-6-11-8-7-10(2)9-11;1-3-6(2,4)5/h7-8H,3-6,9H2,1-2H3;3H. The summed E-state index contributed by atoms with van der Waals surface area (Å²) in [5, 5.41) is 0. The number of halogens is 2. The van der Waals surface area contributed by atoms with E-state index in [4.69, 9.17) is 8.42 Å². The minimum atomic E-state index is -5.08. The lowest BCUT2D eigenvalue weighted by Gasteiger charge is -2.17. The fraction of sp³-hybridized carbons (Fsp3) is 0.778. The molecule has 0 bridgehead atoms. The van der Waals surface area contributed by atoms with Gasteiger partial charge in [0.2, 0.25) is 0 Å². The fourth-order valence-corrected chi connectivity index (χ4v) is 1.30. The third kappa shape index (κ3) is 10.0. The number of hydrogen-bond acceptors (Lipinski definition) is 4. The summed E-state index contributed by atoms with van der Waals surface area (Å²) in [6.07, 6.45) is 8.30. The van der Waals surface area contributed by atoms with Gasteiger partial charge in [-0.05, 0) is 11.4 Å². The average Bonchev–Trinajstić information content (AvgIpc) is 2.65. The summed E-state index contributed by atoms with van der Waals surface area (Å²) < 4.78 is 38.6. The molecule has 0 fully saturated rings. The van der Waals surface area contributed by atoms with E-state index in [1.807, 2.05) is 0 Å². The number of rotatable bonds is 5. The molecule has 0 aromatic heterocycles. The van der Waals surface area contributed by atoms with Crippen molar-refractivity contribution in [2.45, 2.75) is 26.2 Å². The molecule has 0 aromatic carbocycles. The van der Waals surface area contributed by atoms with E-state index in [1.165, 1.54) is 25.8 Å². The quantitative estimate of drug-likeness (QED) is 0.468. The van der Waals surface area contributed by atoms with Crippen molar-refractivity contribution >= 4 is 10.4 Å². The zero-order valence-corrected chi connectivity index (χ0v) is 10.9. The van der Waals surface area contributed by atoms with Crippen molar-refractivity contribution in [2.75, 3.05) is 20.3 Å². The first-order valence-corrected chi connectivity index (χ1v) is 6.72. The van der Waals surface area contributed by atoms with Gasteiger partial charge in [0, 0.05) is 26.0 Å². The Hall–Kier alpha value is -0.890. The molecule has 0 saturated carbocycles. The number of hydrogen-bond donors (Lipinski definition) is 1. The van der Waals surface area contributed by atoms with Gasteiger partial charge in [0.25, 0.3) is 0 Å². The van der Waals surface area contributed by atoms with Gasteiger partial charge in [-0.25, -0.2) is 0 Å². The highest BCUT2D eigenvalue weighted by Gasteiger charge is 2.06. The summed E-state index contributed by atoms with van der Waals surface area (Å²) in [4.78, 5) is 4.47. The normalized spacial score (nSPS) is 14.8. The van der Waals surface area contributed by atoms with Gasteiger partial charge < -0.3 is 9.80 Å². The van der Waals surface area contributed by atoms with E-state index in [0.717, 1.165) is 6.67 Å². The van der Waals surface area contributed by atoms with Gasteiger partial charge in [-0.2, -0.15) is 8.42 Å². The van der Waals surface area contributed by atoms with Crippen LogP contribution in [0.25, 0.3) is 0 Å². The lowest BCUT2D eigenvalue weighted by molar-refractivity contribution is 0.291. The highest BCUT2D eigenvalue weighted by molar-refractivity contribution is 7.84. The molecule has 1 N–H and O–H groups in total. The number of nitrogens with one attached hydrogen (secondary N) is 1. The van der Waals surface area contributed by atoms with Gasteiger partial charge in [-0.1, -0.05) is 23.7 Å². The summed E-state index contributed by atoms with van der Waals surface area (Å²) in [6.45, 7) is 4.53. The van der Waals surface area contributed by atoms with Crippen LogP contribution in [-0.4, -0.2) is 38.5 Å². The third-order valence-corrected chi connectivity index (χ3v) is 2.26. The molecule has 0 saturated heterocycles. The van der Waals surface area contributed by atoms with Crippen molar-refractivity contribution in [1.82, 2.24) is 14.7 Å². The van der Waals surface area contributed by atoms with Gasteiger partial charge in [0.1, 0.15) is 0 Å². The fourth-order valence-electron chi connectivity index (χ4n) is 1.30. The van der Waals surface area contributed by atoms with Crippen LogP contribution in [0.15, 0.2) is 12.4 Å². The lowest BCUT2D eigenvalue weighted by atomic mass is 10.2. The van der Waals surface area contributed by atoms with E-state index < -0.39 is 10.4 Å². The van der Waals surface area contributed by atoms with Gasteiger partial charge in [0.15, 0.2) is 0 Å². The van der Waals surface area contributed by atoms with E-state index in [-0.39, 0.29) is 4.94 Å². The maximum Gasteiger partial charge on any atom is 0.398 e. The van der Waals surface area contributed by atoms with Crippen LogP contribution in [0.5, 0.6) is 0 Å². The summed E-state index contributed by atoms with van der Waals surface area (Å²) in [5.41, 5.74) is 0. The van der Waals surface area contributed by atoms with Crippen molar-refractivity contribution in [1.29, 1.82) is 0 Å². The summed E-state index contributed by atoms with van der Waals surface area (Å²) in [7, 11) is -2.97. The van der Waals surface area contributed by atoms with E-state index >= 15 is 0 Å². The Morgan fingerprint density at radius 2 is 1.94 bits per heavy atom. The van der Waals surface area contributed by atoms with Crippen LogP contribution in [-0.2, 0) is 10.4 Å². The molecule has 5 nitrogen and oxygen atoms in total. The Kier molecular flexibility index (Phi) is 7.81. The van der Waals surface area contributed by atoms with Crippen LogP contribution in [0.4, 0.5) is 8.37 Å². The van der Waals surface area contributed by atoms with Crippen LogP contribution in [0, 0.1) is 0 Å². The molecular formula is C9H19F2N3O2S. The molecular weight excluding hydrogens is 252 g/mol. The molecule has 1 aliphatic rings. The first-order chi connectivity index (χ1) is 7.89. The smallest absolute Gasteiger partial charge is 0.362 e. The molecule has 0 spiro atoms. The van der Waals surface area contributed by atoms with Crippen molar-refractivity contribution in [3.8, 4) is 0 Å². The first kappa shape index (κ1) is 16.1. The topological polar surface area (TPSA) is 52.7 Å². The van der Waals surface area contributed by atoms with Crippen LogP contribution >= 0.6 is 0 Å². The minimum absolute atomic E-state index is 0.0903. The van der Waals surface area contributed by atoms with Crippen LogP contribution in [0.1, 0.15) is 26.2 Å². The zero-order valence-electron chi connectivity index (χ0n) is 10.1. The molecule has 17 heavy (non-hydrogen) atoms. The molecule has 8 heteroatoms.